The summed E-state index contributed by atoms with van der Waals surface area (Å²) in [7, 11) is 0. The number of fused-ring (bicyclic) bond motifs is 1. The number of carbonyl (C=O) groups excluding carboxylic acids is 1. The lowest BCUT2D eigenvalue weighted by Crippen LogP contribution is -2.25. The summed E-state index contributed by atoms with van der Waals surface area (Å²) < 4.78 is 36.3. The first-order valence-corrected chi connectivity index (χ1v) is 6.75. The van der Waals surface area contributed by atoms with Gasteiger partial charge in [-0.25, -0.2) is 8.78 Å². The van der Waals surface area contributed by atoms with Crippen LogP contribution < -0.4 is 14.8 Å². The third-order valence-corrected chi connectivity index (χ3v) is 3.32. The summed E-state index contributed by atoms with van der Waals surface area (Å²) in [5, 5.41) is 2.72. The molecular formula is C16H13F2NO3. The molecule has 2 aromatic rings. The summed E-state index contributed by atoms with van der Waals surface area (Å²) in [6.07, 6.45) is 0.410. The standard InChI is InChI=1S/C16H13F2NO3/c17-12-3-1-10(7-13(12)18)5-6-19-16(20)11-2-4-14-15(8-11)22-9-21-14/h1-4,7-8H,5-6,9H2,(H,19,20). The molecule has 1 amide bonds. The Morgan fingerprint density at radius 1 is 1.05 bits per heavy atom. The Labute approximate surface area is 125 Å². The van der Waals surface area contributed by atoms with Gasteiger partial charge in [0.1, 0.15) is 0 Å². The minimum atomic E-state index is -0.889. The van der Waals surface area contributed by atoms with Crippen LogP contribution in [0.5, 0.6) is 11.5 Å². The molecule has 1 heterocycles. The molecule has 0 saturated heterocycles. The first-order chi connectivity index (χ1) is 10.6. The zero-order valence-corrected chi connectivity index (χ0v) is 11.6. The molecule has 0 fully saturated rings. The van der Waals surface area contributed by atoms with E-state index >= 15 is 0 Å². The third kappa shape index (κ3) is 3.00. The summed E-state index contributed by atoms with van der Waals surface area (Å²) in [5.74, 6) is -0.889. The second-order valence-corrected chi connectivity index (χ2v) is 4.82. The fourth-order valence-corrected chi connectivity index (χ4v) is 2.16. The van der Waals surface area contributed by atoms with Crippen molar-refractivity contribution in [2.75, 3.05) is 13.3 Å². The zero-order valence-electron chi connectivity index (χ0n) is 11.6. The lowest BCUT2D eigenvalue weighted by atomic mass is 10.1. The van der Waals surface area contributed by atoms with Gasteiger partial charge >= 0.3 is 0 Å². The Hall–Kier alpha value is -2.63. The normalized spacial score (nSPS) is 12.3. The van der Waals surface area contributed by atoms with E-state index in [0.717, 1.165) is 12.1 Å². The molecule has 1 aliphatic rings. The lowest BCUT2D eigenvalue weighted by Gasteiger charge is -2.06. The minimum absolute atomic E-state index is 0.149. The van der Waals surface area contributed by atoms with Crippen molar-refractivity contribution in [3.8, 4) is 11.5 Å². The number of rotatable bonds is 4. The Morgan fingerprint density at radius 3 is 2.68 bits per heavy atom. The molecule has 22 heavy (non-hydrogen) atoms. The quantitative estimate of drug-likeness (QED) is 0.944. The molecule has 0 spiro atoms. The summed E-state index contributed by atoms with van der Waals surface area (Å²) >= 11 is 0. The number of ether oxygens (including phenoxy) is 2. The van der Waals surface area contributed by atoms with E-state index in [-0.39, 0.29) is 12.7 Å². The van der Waals surface area contributed by atoms with E-state index in [1.807, 2.05) is 0 Å². The van der Waals surface area contributed by atoms with Crippen LogP contribution in [-0.4, -0.2) is 19.2 Å². The van der Waals surface area contributed by atoms with Crippen molar-refractivity contribution in [3.05, 3.63) is 59.2 Å². The van der Waals surface area contributed by atoms with Gasteiger partial charge in [-0.15, -0.1) is 0 Å². The number of amides is 1. The number of nitrogens with one attached hydrogen (secondary N) is 1. The second kappa shape index (κ2) is 6.01. The van der Waals surface area contributed by atoms with Gasteiger partial charge in [-0.2, -0.15) is 0 Å². The lowest BCUT2D eigenvalue weighted by molar-refractivity contribution is 0.0953. The highest BCUT2D eigenvalue weighted by Gasteiger charge is 2.15. The zero-order chi connectivity index (χ0) is 15.5. The third-order valence-electron chi connectivity index (χ3n) is 3.32. The predicted molar refractivity (Wildman–Crippen MR) is 75.0 cm³/mol. The topological polar surface area (TPSA) is 47.6 Å². The van der Waals surface area contributed by atoms with Crippen LogP contribution in [0, 0.1) is 11.6 Å². The van der Waals surface area contributed by atoms with Crippen LogP contribution in [-0.2, 0) is 6.42 Å². The van der Waals surface area contributed by atoms with Crippen LogP contribution in [0.3, 0.4) is 0 Å². The Kier molecular flexibility index (Phi) is 3.91. The number of hydrogen-bond donors (Lipinski definition) is 1. The van der Waals surface area contributed by atoms with Crippen LogP contribution in [0.4, 0.5) is 8.78 Å². The number of halogens is 2. The van der Waals surface area contributed by atoms with Crippen molar-refractivity contribution < 1.29 is 23.0 Å². The number of benzene rings is 2. The highest BCUT2D eigenvalue weighted by atomic mass is 19.2. The summed E-state index contributed by atoms with van der Waals surface area (Å²) in [6.45, 7) is 0.467. The maximum absolute atomic E-state index is 13.1. The van der Waals surface area contributed by atoms with Crippen molar-refractivity contribution in [2.24, 2.45) is 0 Å². The van der Waals surface area contributed by atoms with Crippen LogP contribution in [0.25, 0.3) is 0 Å². The van der Waals surface area contributed by atoms with Crippen molar-refractivity contribution >= 4 is 5.91 Å². The van der Waals surface area contributed by atoms with E-state index in [2.05, 4.69) is 5.32 Å². The first kappa shape index (κ1) is 14.3. The van der Waals surface area contributed by atoms with Crippen molar-refractivity contribution in [2.45, 2.75) is 6.42 Å². The molecule has 0 atom stereocenters. The highest BCUT2D eigenvalue weighted by Crippen LogP contribution is 2.32. The van der Waals surface area contributed by atoms with E-state index in [4.69, 9.17) is 9.47 Å². The SMILES string of the molecule is O=C(NCCc1ccc(F)c(F)c1)c1ccc2c(c1)OCO2. The molecule has 0 bridgehead atoms. The van der Waals surface area contributed by atoms with Gasteiger partial charge in [0.15, 0.2) is 23.1 Å². The molecule has 0 radical (unpaired) electrons. The maximum Gasteiger partial charge on any atom is 0.251 e. The molecule has 3 rings (SSSR count). The van der Waals surface area contributed by atoms with Gasteiger partial charge in [0, 0.05) is 12.1 Å². The van der Waals surface area contributed by atoms with Gasteiger partial charge in [0.25, 0.3) is 5.91 Å². The first-order valence-electron chi connectivity index (χ1n) is 6.75. The number of carbonyl (C=O) groups is 1. The van der Waals surface area contributed by atoms with Gasteiger partial charge in [0.2, 0.25) is 6.79 Å². The molecular weight excluding hydrogens is 292 g/mol. The van der Waals surface area contributed by atoms with Gasteiger partial charge in [-0.1, -0.05) is 6.07 Å². The highest BCUT2D eigenvalue weighted by molar-refractivity contribution is 5.94. The van der Waals surface area contributed by atoms with Gasteiger partial charge in [-0.05, 0) is 42.3 Å². The Balaban J connectivity index is 1.57. The summed E-state index contributed by atoms with van der Waals surface area (Å²) in [6, 6.07) is 8.61. The van der Waals surface area contributed by atoms with Crippen molar-refractivity contribution in [1.29, 1.82) is 0 Å². The Morgan fingerprint density at radius 2 is 1.86 bits per heavy atom. The van der Waals surface area contributed by atoms with Gasteiger partial charge in [-0.3, -0.25) is 4.79 Å². The fourth-order valence-electron chi connectivity index (χ4n) is 2.16. The van der Waals surface area contributed by atoms with Crippen molar-refractivity contribution in [1.82, 2.24) is 5.32 Å². The molecule has 0 aromatic heterocycles. The summed E-state index contributed by atoms with van der Waals surface area (Å²) in [4.78, 5) is 12.0. The second-order valence-electron chi connectivity index (χ2n) is 4.82. The average molecular weight is 305 g/mol. The maximum atomic E-state index is 13.1. The van der Waals surface area contributed by atoms with E-state index in [1.165, 1.54) is 6.07 Å². The van der Waals surface area contributed by atoms with Crippen LogP contribution in [0.15, 0.2) is 36.4 Å². The fraction of sp³-hybridized carbons (Fsp3) is 0.188. The molecule has 2 aromatic carbocycles. The Bertz CT molecular complexity index is 719. The molecule has 1 aliphatic heterocycles. The van der Waals surface area contributed by atoms with Crippen molar-refractivity contribution in [3.63, 3.8) is 0 Å². The molecule has 0 unspecified atom stereocenters. The van der Waals surface area contributed by atoms with Crippen LogP contribution in [0.1, 0.15) is 15.9 Å². The molecule has 114 valence electrons. The van der Waals surface area contributed by atoms with E-state index < -0.39 is 11.6 Å². The van der Waals surface area contributed by atoms with E-state index in [0.29, 0.717) is 35.6 Å². The van der Waals surface area contributed by atoms with Crippen LogP contribution >= 0.6 is 0 Å². The minimum Gasteiger partial charge on any atom is -0.454 e. The predicted octanol–water partition coefficient (Wildman–Crippen LogP) is 2.67. The molecule has 0 aliphatic carbocycles. The number of hydrogen-bond acceptors (Lipinski definition) is 3. The van der Waals surface area contributed by atoms with Gasteiger partial charge < -0.3 is 14.8 Å². The van der Waals surface area contributed by atoms with Gasteiger partial charge in [0.05, 0.1) is 0 Å². The van der Waals surface area contributed by atoms with E-state index in [1.54, 1.807) is 18.2 Å². The largest absolute Gasteiger partial charge is 0.454 e. The molecule has 1 N–H and O–H groups in total. The van der Waals surface area contributed by atoms with E-state index in [9.17, 15) is 13.6 Å². The summed E-state index contributed by atoms with van der Waals surface area (Å²) in [5.41, 5.74) is 1.07. The molecule has 0 saturated carbocycles. The molecule has 6 heteroatoms. The molecule has 4 nitrogen and oxygen atoms in total. The average Bonchev–Trinajstić information content (AvgIpc) is 2.98. The smallest absolute Gasteiger partial charge is 0.251 e. The monoisotopic (exact) mass is 305 g/mol. The van der Waals surface area contributed by atoms with Crippen LogP contribution in [0.2, 0.25) is 0 Å².